The third kappa shape index (κ3) is 5.64. The number of urea groups is 1. The number of pyridine rings is 1. The van der Waals surface area contributed by atoms with Crippen molar-refractivity contribution in [2.75, 3.05) is 18.4 Å². The Balaban J connectivity index is 1.65. The second kappa shape index (κ2) is 9.39. The highest BCUT2D eigenvalue weighted by Crippen LogP contribution is 2.30. The summed E-state index contributed by atoms with van der Waals surface area (Å²) in [5, 5.41) is 2.85. The number of anilines is 1. The van der Waals surface area contributed by atoms with Gasteiger partial charge in [-0.3, -0.25) is 9.78 Å². The topological polar surface area (TPSA) is 101 Å². The molecule has 7 nitrogen and oxygen atoms in total. The maximum atomic E-state index is 12.6. The number of halogens is 4. The summed E-state index contributed by atoms with van der Waals surface area (Å²) in [6.07, 6.45) is -0.831. The Hall–Kier alpha value is -3.40. The summed E-state index contributed by atoms with van der Waals surface area (Å²) < 4.78 is 37.9. The molecular formula is C21H19ClF3N5O2. The van der Waals surface area contributed by atoms with Gasteiger partial charge >= 0.3 is 12.2 Å². The van der Waals surface area contributed by atoms with Gasteiger partial charge in [0.15, 0.2) is 0 Å². The molecule has 3 N–H and O–H groups in total. The maximum Gasteiger partial charge on any atom is 0.416 e. The lowest BCUT2D eigenvalue weighted by Crippen LogP contribution is -2.38. The highest BCUT2D eigenvalue weighted by molar-refractivity contribution is 6.32. The lowest BCUT2D eigenvalue weighted by atomic mass is 10.0. The van der Waals surface area contributed by atoms with Gasteiger partial charge in [0.1, 0.15) is 5.84 Å². The predicted molar refractivity (Wildman–Crippen MR) is 116 cm³/mol. The molecule has 0 atom stereocenters. The maximum absolute atomic E-state index is 12.6. The number of carbonyl (C=O) groups is 2. The summed E-state index contributed by atoms with van der Waals surface area (Å²) in [7, 11) is 0. The molecule has 1 aliphatic heterocycles. The molecule has 0 fully saturated rings. The van der Waals surface area contributed by atoms with E-state index in [0.29, 0.717) is 18.7 Å². The molecule has 0 unspecified atom stereocenters. The zero-order chi connectivity index (χ0) is 23.5. The van der Waals surface area contributed by atoms with E-state index in [-0.39, 0.29) is 28.7 Å². The van der Waals surface area contributed by atoms with Gasteiger partial charge in [-0.2, -0.15) is 18.2 Å². The van der Waals surface area contributed by atoms with E-state index in [1.54, 1.807) is 6.08 Å². The van der Waals surface area contributed by atoms with E-state index in [1.165, 1.54) is 36.2 Å². The number of carbonyl (C=O) groups excluding carboxylic acids is 2. The molecule has 3 amide bonds. The number of aromatic nitrogens is 1. The zero-order valence-electron chi connectivity index (χ0n) is 16.9. The first-order chi connectivity index (χ1) is 15.0. The highest BCUT2D eigenvalue weighted by atomic mass is 35.5. The summed E-state index contributed by atoms with van der Waals surface area (Å²) in [5.41, 5.74) is 6.40. The van der Waals surface area contributed by atoms with E-state index in [2.05, 4.69) is 15.3 Å². The van der Waals surface area contributed by atoms with Crippen molar-refractivity contribution in [2.45, 2.75) is 19.5 Å². The summed E-state index contributed by atoms with van der Waals surface area (Å²) in [4.78, 5) is 33.8. The van der Waals surface area contributed by atoms with Crippen LogP contribution >= 0.6 is 11.6 Å². The minimum absolute atomic E-state index is 0.125. The summed E-state index contributed by atoms with van der Waals surface area (Å²) in [5.74, 6) is -0.422. The van der Waals surface area contributed by atoms with Crippen molar-refractivity contribution in [1.29, 1.82) is 0 Å². The van der Waals surface area contributed by atoms with Crippen LogP contribution in [0.2, 0.25) is 5.02 Å². The van der Waals surface area contributed by atoms with Crippen molar-refractivity contribution >= 4 is 40.6 Å². The molecule has 2 heterocycles. The number of nitrogens with two attached hydrogens (primary N) is 1. The quantitative estimate of drug-likeness (QED) is 0.511. The molecule has 0 bridgehead atoms. The van der Waals surface area contributed by atoms with Gasteiger partial charge in [0.2, 0.25) is 0 Å². The van der Waals surface area contributed by atoms with Gasteiger partial charge in [-0.15, -0.1) is 0 Å². The van der Waals surface area contributed by atoms with E-state index in [1.807, 2.05) is 0 Å². The molecule has 0 saturated carbocycles. The summed E-state index contributed by atoms with van der Waals surface area (Å²) in [6, 6.07) is 5.25. The van der Waals surface area contributed by atoms with Crippen LogP contribution in [-0.4, -0.2) is 40.7 Å². The SMILES string of the molecule is CC(N)=NC(=O)c1cnc(C2=CCN(C(=O)Nc3ccc(C(F)(F)F)cc3)CC2)c(Cl)c1. The van der Waals surface area contributed by atoms with Crippen LogP contribution in [0.4, 0.5) is 23.7 Å². The van der Waals surface area contributed by atoms with E-state index in [0.717, 1.165) is 17.7 Å². The second-order valence-electron chi connectivity index (χ2n) is 7.04. The number of amides is 3. The largest absolute Gasteiger partial charge is 0.416 e. The summed E-state index contributed by atoms with van der Waals surface area (Å²) in [6.45, 7) is 2.11. The van der Waals surface area contributed by atoms with Crippen molar-refractivity contribution in [3.05, 3.63) is 64.4 Å². The van der Waals surface area contributed by atoms with Gasteiger partial charge in [0, 0.05) is 25.0 Å². The van der Waals surface area contributed by atoms with Crippen molar-refractivity contribution in [3.8, 4) is 0 Å². The normalized spacial score (nSPS) is 14.7. The molecule has 3 rings (SSSR count). The molecule has 32 heavy (non-hydrogen) atoms. The number of amidine groups is 1. The lowest BCUT2D eigenvalue weighted by Gasteiger charge is -2.27. The number of aliphatic imine (C=N–C) groups is 1. The molecule has 1 aromatic heterocycles. The Labute approximate surface area is 186 Å². The molecule has 11 heteroatoms. The fraction of sp³-hybridized carbons (Fsp3) is 0.238. The molecule has 0 saturated heterocycles. The predicted octanol–water partition coefficient (Wildman–Crippen LogP) is 4.59. The number of alkyl halides is 3. The van der Waals surface area contributed by atoms with Crippen molar-refractivity contribution in [2.24, 2.45) is 10.7 Å². The Kier molecular flexibility index (Phi) is 6.83. The zero-order valence-corrected chi connectivity index (χ0v) is 17.7. The van der Waals surface area contributed by atoms with Crippen molar-refractivity contribution in [3.63, 3.8) is 0 Å². The monoisotopic (exact) mass is 465 g/mol. The van der Waals surface area contributed by atoms with E-state index >= 15 is 0 Å². The van der Waals surface area contributed by atoms with Crippen molar-refractivity contribution < 1.29 is 22.8 Å². The molecule has 2 aromatic rings. The second-order valence-corrected chi connectivity index (χ2v) is 7.45. The first-order valence-electron chi connectivity index (χ1n) is 9.48. The molecule has 1 aliphatic rings. The van der Waals surface area contributed by atoms with Gasteiger partial charge in [-0.05, 0) is 49.2 Å². The molecule has 0 radical (unpaired) electrons. The molecular weight excluding hydrogens is 447 g/mol. The Morgan fingerprint density at radius 2 is 1.94 bits per heavy atom. The number of hydrogen-bond acceptors (Lipinski definition) is 3. The minimum atomic E-state index is -4.44. The van der Waals surface area contributed by atoms with Crippen molar-refractivity contribution in [1.82, 2.24) is 9.88 Å². The van der Waals surface area contributed by atoms with Crippen LogP contribution in [0.3, 0.4) is 0 Å². The van der Waals surface area contributed by atoms with Gasteiger partial charge in [-0.1, -0.05) is 17.7 Å². The van der Waals surface area contributed by atoms with Crippen LogP contribution in [0.15, 0.2) is 47.6 Å². The van der Waals surface area contributed by atoms with Crippen LogP contribution in [0, 0.1) is 0 Å². The highest BCUT2D eigenvalue weighted by Gasteiger charge is 2.30. The number of hydrogen-bond donors (Lipinski definition) is 2. The summed E-state index contributed by atoms with van der Waals surface area (Å²) >= 11 is 6.29. The minimum Gasteiger partial charge on any atom is -0.387 e. The molecule has 0 aliphatic carbocycles. The Morgan fingerprint density at radius 3 is 2.47 bits per heavy atom. The van der Waals surface area contributed by atoms with Gasteiger partial charge < -0.3 is 16.0 Å². The number of benzene rings is 1. The average Bonchev–Trinajstić information content (AvgIpc) is 2.73. The van der Waals surface area contributed by atoms with E-state index in [9.17, 15) is 22.8 Å². The molecule has 0 spiro atoms. The number of nitrogens with zero attached hydrogens (tertiary/aromatic N) is 3. The fourth-order valence-electron chi connectivity index (χ4n) is 3.03. The van der Waals surface area contributed by atoms with Gasteiger partial charge in [-0.25, -0.2) is 4.79 Å². The van der Waals surface area contributed by atoms with Crippen LogP contribution < -0.4 is 11.1 Å². The number of rotatable bonds is 3. The van der Waals surface area contributed by atoms with Gasteiger partial charge in [0.25, 0.3) is 5.91 Å². The van der Waals surface area contributed by atoms with Crippen LogP contribution in [0.25, 0.3) is 5.57 Å². The van der Waals surface area contributed by atoms with E-state index < -0.39 is 23.7 Å². The van der Waals surface area contributed by atoms with Crippen LogP contribution in [0.1, 0.15) is 35.0 Å². The first kappa shape index (κ1) is 23.3. The average molecular weight is 466 g/mol. The number of nitrogens with one attached hydrogen (secondary N) is 1. The van der Waals surface area contributed by atoms with Crippen LogP contribution in [0.5, 0.6) is 0 Å². The third-order valence-electron chi connectivity index (χ3n) is 4.63. The standard InChI is InChI=1S/C21H19ClF3N5O2/c1-12(26)28-19(31)14-10-17(22)18(27-11-14)13-6-8-30(9-7-13)20(32)29-16-4-2-15(3-5-16)21(23,24)25/h2-6,10-11H,7-9H2,1H3,(H,29,32)(H2,26,28,31). The van der Waals surface area contributed by atoms with Gasteiger partial charge in [0.05, 0.1) is 21.8 Å². The molecule has 1 aromatic carbocycles. The first-order valence-corrected chi connectivity index (χ1v) is 9.85. The third-order valence-corrected chi connectivity index (χ3v) is 4.92. The molecule has 168 valence electrons. The fourth-order valence-corrected chi connectivity index (χ4v) is 3.32. The smallest absolute Gasteiger partial charge is 0.387 e. The Bertz CT molecular complexity index is 1090. The lowest BCUT2D eigenvalue weighted by molar-refractivity contribution is -0.137. The van der Waals surface area contributed by atoms with Crippen LogP contribution in [-0.2, 0) is 6.18 Å². The Morgan fingerprint density at radius 1 is 1.25 bits per heavy atom. The van der Waals surface area contributed by atoms with E-state index in [4.69, 9.17) is 17.3 Å².